The van der Waals surface area contributed by atoms with Gasteiger partial charge in [0, 0.05) is 22.1 Å². The zero-order valence-corrected chi connectivity index (χ0v) is 14.2. The highest BCUT2D eigenvalue weighted by Crippen LogP contribution is 2.28. The Morgan fingerprint density at radius 1 is 1.35 bits per heavy atom. The average molecular weight is 335 g/mol. The maximum atomic E-state index is 11.0. The molecule has 0 bridgehead atoms. The summed E-state index contributed by atoms with van der Waals surface area (Å²) >= 11 is 1.53. The predicted octanol–water partition coefficient (Wildman–Crippen LogP) is 3.34. The molecule has 0 aliphatic rings. The van der Waals surface area contributed by atoms with Crippen LogP contribution in [0.25, 0.3) is 5.69 Å². The van der Waals surface area contributed by atoms with Crippen molar-refractivity contribution in [3.05, 3.63) is 36.0 Å². The number of thioether (sulfide) groups is 1. The van der Waals surface area contributed by atoms with Crippen molar-refractivity contribution in [2.24, 2.45) is 0 Å². The third-order valence-electron chi connectivity index (χ3n) is 3.13. The van der Waals surface area contributed by atoms with Gasteiger partial charge in [-0.05, 0) is 18.2 Å². The Kier molecular flexibility index (Phi) is 5.33. The van der Waals surface area contributed by atoms with E-state index in [4.69, 9.17) is 10.2 Å². The highest BCUT2D eigenvalue weighted by atomic mass is 32.2. The lowest BCUT2D eigenvalue weighted by atomic mass is 9.92. The molecular formula is C16H21N3O3S. The molecule has 0 aliphatic heterocycles. The Hall–Kier alpha value is -1.99. The van der Waals surface area contributed by atoms with Gasteiger partial charge < -0.3 is 10.2 Å². The molecule has 1 aromatic carbocycles. The summed E-state index contributed by atoms with van der Waals surface area (Å²) in [5.74, 6) is 1.02. The lowest BCUT2D eigenvalue weighted by molar-refractivity contribution is 0.209. The summed E-state index contributed by atoms with van der Waals surface area (Å²) in [4.78, 5) is 12.0. The van der Waals surface area contributed by atoms with Crippen molar-refractivity contribution in [1.29, 1.82) is 0 Å². The van der Waals surface area contributed by atoms with Crippen LogP contribution in [0.15, 0.2) is 35.2 Å². The van der Waals surface area contributed by atoms with E-state index in [1.807, 2.05) is 45.0 Å². The molecule has 0 spiro atoms. The number of hydrogen-bond acceptors (Lipinski definition) is 4. The molecule has 0 saturated carbocycles. The van der Waals surface area contributed by atoms with Crippen LogP contribution >= 0.6 is 11.8 Å². The SMILES string of the molecule is CC(C)(C)c1cc(NC(=O)O)n(-c2cccc(SCCO)c2)n1. The summed E-state index contributed by atoms with van der Waals surface area (Å²) in [5.41, 5.74) is 1.38. The average Bonchev–Trinajstić information content (AvgIpc) is 2.88. The first kappa shape index (κ1) is 17.4. The lowest BCUT2D eigenvalue weighted by Gasteiger charge is -2.14. The van der Waals surface area contributed by atoms with Gasteiger partial charge in [-0.1, -0.05) is 26.8 Å². The van der Waals surface area contributed by atoms with E-state index in [2.05, 4.69) is 10.4 Å². The minimum absolute atomic E-state index is 0.108. The monoisotopic (exact) mass is 335 g/mol. The van der Waals surface area contributed by atoms with Gasteiger partial charge in [-0.25, -0.2) is 9.48 Å². The smallest absolute Gasteiger partial charge is 0.410 e. The van der Waals surface area contributed by atoms with E-state index >= 15 is 0 Å². The quantitative estimate of drug-likeness (QED) is 0.729. The molecule has 2 rings (SSSR count). The number of nitrogens with zero attached hydrogens (tertiary/aromatic N) is 2. The second-order valence-corrected chi connectivity index (χ2v) is 7.24. The minimum atomic E-state index is -1.13. The van der Waals surface area contributed by atoms with Crippen LogP contribution in [0.4, 0.5) is 10.6 Å². The number of rotatable bonds is 5. The summed E-state index contributed by atoms with van der Waals surface area (Å²) in [6, 6.07) is 9.38. The molecule has 3 N–H and O–H groups in total. The highest BCUT2D eigenvalue weighted by molar-refractivity contribution is 7.99. The maximum Gasteiger partial charge on any atom is 0.410 e. The van der Waals surface area contributed by atoms with Crippen LogP contribution in [0, 0.1) is 0 Å². The third kappa shape index (κ3) is 4.49. The molecule has 23 heavy (non-hydrogen) atoms. The van der Waals surface area contributed by atoms with Crippen molar-refractivity contribution < 1.29 is 15.0 Å². The molecule has 0 fully saturated rings. The van der Waals surface area contributed by atoms with Crippen molar-refractivity contribution in [3.8, 4) is 5.69 Å². The Bertz CT molecular complexity index is 692. The van der Waals surface area contributed by atoms with Gasteiger partial charge >= 0.3 is 6.09 Å². The van der Waals surface area contributed by atoms with E-state index in [0.29, 0.717) is 11.6 Å². The van der Waals surface area contributed by atoms with Crippen LogP contribution in [0.3, 0.4) is 0 Å². The molecule has 124 valence electrons. The van der Waals surface area contributed by atoms with E-state index in [1.54, 1.807) is 10.7 Å². The maximum absolute atomic E-state index is 11.0. The number of aliphatic hydroxyl groups is 1. The van der Waals surface area contributed by atoms with E-state index < -0.39 is 6.09 Å². The summed E-state index contributed by atoms with van der Waals surface area (Å²) in [7, 11) is 0. The zero-order valence-electron chi connectivity index (χ0n) is 13.4. The molecule has 1 aromatic heterocycles. The van der Waals surface area contributed by atoms with Crippen molar-refractivity contribution >= 4 is 23.7 Å². The normalized spacial score (nSPS) is 11.5. The molecule has 0 atom stereocenters. The topological polar surface area (TPSA) is 87.4 Å². The van der Waals surface area contributed by atoms with Gasteiger partial charge in [0.25, 0.3) is 0 Å². The second kappa shape index (κ2) is 7.06. The van der Waals surface area contributed by atoms with Crippen molar-refractivity contribution in [2.75, 3.05) is 17.7 Å². The van der Waals surface area contributed by atoms with Gasteiger partial charge in [0.05, 0.1) is 18.0 Å². The van der Waals surface area contributed by atoms with Crippen molar-refractivity contribution in [3.63, 3.8) is 0 Å². The molecule has 0 aliphatic carbocycles. The summed E-state index contributed by atoms with van der Waals surface area (Å²) < 4.78 is 1.59. The van der Waals surface area contributed by atoms with Crippen LogP contribution in [-0.2, 0) is 5.41 Å². The van der Waals surface area contributed by atoms with Crippen LogP contribution in [0.1, 0.15) is 26.5 Å². The predicted molar refractivity (Wildman–Crippen MR) is 91.7 cm³/mol. The Morgan fingerprint density at radius 2 is 2.09 bits per heavy atom. The Morgan fingerprint density at radius 3 is 2.70 bits per heavy atom. The fourth-order valence-electron chi connectivity index (χ4n) is 2.01. The Labute approximate surface area is 139 Å². The summed E-state index contributed by atoms with van der Waals surface area (Å²) in [6.45, 7) is 6.18. The summed E-state index contributed by atoms with van der Waals surface area (Å²) in [6.07, 6.45) is -1.13. The molecule has 1 amide bonds. The van der Waals surface area contributed by atoms with Crippen LogP contribution in [-0.4, -0.2) is 38.4 Å². The number of aliphatic hydroxyl groups excluding tert-OH is 1. The second-order valence-electron chi connectivity index (χ2n) is 6.08. The molecule has 0 saturated heterocycles. The van der Waals surface area contributed by atoms with Crippen LogP contribution < -0.4 is 5.32 Å². The summed E-state index contributed by atoms with van der Waals surface area (Å²) in [5, 5.41) is 24.9. The number of hydrogen-bond donors (Lipinski definition) is 3. The van der Waals surface area contributed by atoms with Gasteiger partial charge in [0.15, 0.2) is 0 Å². The number of carbonyl (C=O) groups is 1. The molecule has 6 nitrogen and oxygen atoms in total. The van der Waals surface area contributed by atoms with Crippen molar-refractivity contribution in [2.45, 2.75) is 31.1 Å². The van der Waals surface area contributed by atoms with E-state index in [1.165, 1.54) is 11.8 Å². The lowest BCUT2D eigenvalue weighted by Crippen LogP contribution is -2.13. The van der Waals surface area contributed by atoms with E-state index in [9.17, 15) is 4.79 Å². The first-order valence-corrected chi connectivity index (χ1v) is 8.24. The molecular weight excluding hydrogens is 314 g/mol. The van der Waals surface area contributed by atoms with Gasteiger partial charge in [-0.3, -0.25) is 5.32 Å². The fourth-order valence-corrected chi connectivity index (χ4v) is 2.72. The van der Waals surface area contributed by atoms with Crippen LogP contribution in [0.5, 0.6) is 0 Å². The number of aromatic nitrogens is 2. The molecule has 0 unspecified atom stereocenters. The first-order chi connectivity index (χ1) is 10.8. The van der Waals surface area contributed by atoms with E-state index in [-0.39, 0.29) is 12.0 Å². The molecule has 7 heteroatoms. The van der Waals surface area contributed by atoms with E-state index in [0.717, 1.165) is 16.3 Å². The van der Waals surface area contributed by atoms with Gasteiger partial charge in [0.2, 0.25) is 0 Å². The largest absolute Gasteiger partial charge is 0.465 e. The van der Waals surface area contributed by atoms with Gasteiger partial charge in [-0.15, -0.1) is 11.8 Å². The number of benzene rings is 1. The molecule has 0 radical (unpaired) electrons. The van der Waals surface area contributed by atoms with Crippen LogP contribution in [0.2, 0.25) is 0 Å². The highest BCUT2D eigenvalue weighted by Gasteiger charge is 2.21. The van der Waals surface area contributed by atoms with Crippen molar-refractivity contribution in [1.82, 2.24) is 9.78 Å². The van der Waals surface area contributed by atoms with Gasteiger partial charge in [0.1, 0.15) is 5.82 Å². The minimum Gasteiger partial charge on any atom is -0.465 e. The zero-order chi connectivity index (χ0) is 17.0. The fraction of sp³-hybridized carbons (Fsp3) is 0.375. The Balaban J connectivity index is 2.44. The number of carboxylic acid groups (broad SMARTS) is 1. The number of amides is 1. The standard InChI is InChI=1S/C16H21N3O3S/c1-16(2,3)13-10-14(17-15(21)22)19(18-13)11-5-4-6-12(9-11)23-8-7-20/h4-6,9-10,17,20H,7-8H2,1-3H3,(H,21,22). The molecule has 2 aromatic rings. The number of anilines is 1. The number of nitrogens with one attached hydrogen (secondary N) is 1. The first-order valence-electron chi connectivity index (χ1n) is 7.26. The molecule has 1 heterocycles. The third-order valence-corrected chi connectivity index (χ3v) is 4.11. The van der Waals surface area contributed by atoms with Gasteiger partial charge in [-0.2, -0.15) is 5.10 Å².